The van der Waals surface area contributed by atoms with Gasteiger partial charge >= 0.3 is 0 Å². The molecule has 0 fully saturated rings. The highest BCUT2D eigenvalue weighted by molar-refractivity contribution is 5.84. The number of nitrogens with one attached hydrogen (secondary N) is 1. The Hall–Kier alpha value is -0.370. The fourth-order valence-corrected chi connectivity index (χ4v) is 1.50. The van der Waals surface area contributed by atoms with Crippen LogP contribution in [0.25, 0.3) is 0 Å². The van der Waals surface area contributed by atoms with E-state index in [2.05, 4.69) is 31.1 Å². The van der Waals surface area contributed by atoms with Gasteiger partial charge in [0.2, 0.25) is 0 Å². The largest absolute Gasteiger partial charge is 0.317 e. The van der Waals surface area contributed by atoms with E-state index in [0.29, 0.717) is 12.0 Å². The monoisotopic (exact) mass is 170 g/mol. The zero-order chi connectivity index (χ0) is 9.56. The maximum absolute atomic E-state index is 4.25. The van der Waals surface area contributed by atoms with Crippen LogP contribution in [0.1, 0.15) is 33.6 Å². The highest BCUT2D eigenvalue weighted by atomic mass is 14.9. The van der Waals surface area contributed by atoms with Crippen molar-refractivity contribution < 1.29 is 0 Å². The van der Waals surface area contributed by atoms with Crippen LogP contribution in [0.4, 0.5) is 0 Å². The molecule has 0 aromatic rings. The third-order valence-electron chi connectivity index (χ3n) is 2.55. The van der Waals surface area contributed by atoms with Gasteiger partial charge in [-0.3, -0.25) is 4.99 Å². The van der Waals surface area contributed by atoms with Crippen LogP contribution < -0.4 is 5.32 Å². The third-order valence-corrected chi connectivity index (χ3v) is 2.55. The van der Waals surface area contributed by atoms with E-state index >= 15 is 0 Å². The van der Waals surface area contributed by atoms with Crippen molar-refractivity contribution in [2.75, 3.05) is 14.1 Å². The molecule has 0 aliphatic heterocycles. The van der Waals surface area contributed by atoms with Crippen LogP contribution >= 0.6 is 0 Å². The molecule has 0 saturated carbocycles. The second-order valence-electron chi connectivity index (χ2n) is 3.34. The average Bonchev–Trinajstić information content (AvgIpc) is 2.11. The van der Waals surface area contributed by atoms with Gasteiger partial charge in [0, 0.05) is 24.7 Å². The Labute approximate surface area is 76.5 Å². The van der Waals surface area contributed by atoms with E-state index in [4.69, 9.17) is 0 Å². The van der Waals surface area contributed by atoms with Gasteiger partial charge in [-0.2, -0.15) is 0 Å². The van der Waals surface area contributed by atoms with E-state index in [-0.39, 0.29) is 0 Å². The first kappa shape index (κ1) is 11.6. The Balaban J connectivity index is 4.21. The molecule has 2 nitrogen and oxygen atoms in total. The average molecular weight is 170 g/mol. The van der Waals surface area contributed by atoms with Crippen LogP contribution in [0.5, 0.6) is 0 Å². The predicted octanol–water partition coefficient (Wildman–Crippen LogP) is 2.10. The Morgan fingerprint density at radius 1 is 1.50 bits per heavy atom. The van der Waals surface area contributed by atoms with Crippen molar-refractivity contribution in [2.24, 2.45) is 10.9 Å². The molecular formula is C10H22N2. The summed E-state index contributed by atoms with van der Waals surface area (Å²) in [6.45, 7) is 6.56. The van der Waals surface area contributed by atoms with Gasteiger partial charge < -0.3 is 5.32 Å². The number of rotatable bonds is 5. The Bertz CT molecular complexity index is 141. The van der Waals surface area contributed by atoms with Gasteiger partial charge in [0.15, 0.2) is 0 Å². The first-order valence-corrected chi connectivity index (χ1v) is 4.77. The van der Waals surface area contributed by atoms with Crippen LogP contribution in [0, 0.1) is 5.92 Å². The minimum atomic E-state index is 0.536. The molecule has 0 bridgehead atoms. The second kappa shape index (κ2) is 6.18. The molecule has 0 aliphatic carbocycles. The maximum Gasteiger partial charge on any atom is 0.0276 e. The van der Waals surface area contributed by atoms with Crippen molar-refractivity contribution in [1.82, 2.24) is 5.32 Å². The van der Waals surface area contributed by atoms with E-state index in [1.165, 1.54) is 18.6 Å². The van der Waals surface area contributed by atoms with E-state index in [1.54, 1.807) is 0 Å². The number of hydrogen-bond acceptors (Lipinski definition) is 2. The summed E-state index contributed by atoms with van der Waals surface area (Å²) >= 11 is 0. The van der Waals surface area contributed by atoms with Crippen molar-refractivity contribution in [3.8, 4) is 0 Å². The summed E-state index contributed by atoms with van der Waals surface area (Å²) in [6.07, 6.45) is 2.45. The molecule has 0 aromatic heterocycles. The van der Waals surface area contributed by atoms with Crippen molar-refractivity contribution in [3.05, 3.63) is 0 Å². The zero-order valence-electron chi connectivity index (χ0n) is 9.02. The number of aliphatic imine (C=N–C) groups is 1. The van der Waals surface area contributed by atoms with Crippen LogP contribution in [-0.4, -0.2) is 25.8 Å². The fraction of sp³-hybridized carbons (Fsp3) is 0.900. The maximum atomic E-state index is 4.25. The zero-order valence-corrected chi connectivity index (χ0v) is 9.02. The Morgan fingerprint density at radius 2 is 2.08 bits per heavy atom. The minimum Gasteiger partial charge on any atom is -0.317 e. The molecule has 0 saturated heterocycles. The topological polar surface area (TPSA) is 24.4 Å². The van der Waals surface area contributed by atoms with Gasteiger partial charge in [-0.1, -0.05) is 13.3 Å². The smallest absolute Gasteiger partial charge is 0.0276 e. The second-order valence-corrected chi connectivity index (χ2v) is 3.34. The highest BCUT2D eigenvalue weighted by Crippen LogP contribution is 2.13. The van der Waals surface area contributed by atoms with Gasteiger partial charge in [0.1, 0.15) is 0 Å². The highest BCUT2D eigenvalue weighted by Gasteiger charge is 2.16. The molecular weight excluding hydrogens is 148 g/mol. The molecule has 0 radical (unpaired) electrons. The van der Waals surface area contributed by atoms with Gasteiger partial charge in [0.05, 0.1) is 0 Å². The summed E-state index contributed by atoms with van der Waals surface area (Å²) in [7, 11) is 3.89. The summed E-state index contributed by atoms with van der Waals surface area (Å²) in [5.41, 5.74) is 1.26. The van der Waals surface area contributed by atoms with E-state index < -0.39 is 0 Å². The summed E-state index contributed by atoms with van der Waals surface area (Å²) in [5, 5.41) is 3.28. The lowest BCUT2D eigenvalue weighted by Gasteiger charge is -2.22. The van der Waals surface area contributed by atoms with E-state index in [0.717, 1.165) is 0 Å². The summed E-state index contributed by atoms with van der Waals surface area (Å²) < 4.78 is 0. The van der Waals surface area contributed by atoms with Gasteiger partial charge in [-0.05, 0) is 27.3 Å². The van der Waals surface area contributed by atoms with Crippen molar-refractivity contribution in [2.45, 2.75) is 39.7 Å². The van der Waals surface area contributed by atoms with Crippen molar-refractivity contribution in [1.29, 1.82) is 0 Å². The molecule has 0 rings (SSSR count). The minimum absolute atomic E-state index is 0.536. The van der Waals surface area contributed by atoms with Crippen LogP contribution in [0.3, 0.4) is 0 Å². The lowest BCUT2D eigenvalue weighted by atomic mass is 9.92. The molecule has 2 atom stereocenters. The molecule has 72 valence electrons. The summed E-state index contributed by atoms with van der Waals surface area (Å²) in [5.74, 6) is 0.602. The standard InChI is InChI=1S/C10H22N2/c1-6-7-10(8(2)11-4)9(3)12-5/h8,10-11H,6-7H2,1-5H3. The van der Waals surface area contributed by atoms with Crippen LogP contribution in [0.2, 0.25) is 0 Å². The number of hydrogen-bond donors (Lipinski definition) is 1. The fourth-order valence-electron chi connectivity index (χ4n) is 1.50. The SMILES string of the molecule is CCCC(C(C)=NC)C(C)NC. The molecule has 0 aromatic carbocycles. The lowest BCUT2D eigenvalue weighted by molar-refractivity contribution is 0.458. The molecule has 0 heterocycles. The third kappa shape index (κ3) is 3.35. The first-order chi connectivity index (χ1) is 5.67. The quantitative estimate of drug-likeness (QED) is 0.628. The number of nitrogens with zero attached hydrogens (tertiary/aromatic N) is 1. The lowest BCUT2D eigenvalue weighted by Crippen LogP contribution is -2.34. The molecule has 0 spiro atoms. The van der Waals surface area contributed by atoms with Crippen LogP contribution in [-0.2, 0) is 0 Å². The van der Waals surface area contributed by atoms with Gasteiger partial charge in [0.25, 0.3) is 0 Å². The van der Waals surface area contributed by atoms with Gasteiger partial charge in [-0.15, -0.1) is 0 Å². The van der Waals surface area contributed by atoms with E-state index in [1.807, 2.05) is 14.1 Å². The van der Waals surface area contributed by atoms with Gasteiger partial charge in [-0.25, -0.2) is 0 Å². The van der Waals surface area contributed by atoms with E-state index in [9.17, 15) is 0 Å². The summed E-state index contributed by atoms with van der Waals surface area (Å²) in [4.78, 5) is 4.25. The van der Waals surface area contributed by atoms with Crippen LogP contribution in [0.15, 0.2) is 4.99 Å². The van der Waals surface area contributed by atoms with Crippen molar-refractivity contribution >= 4 is 5.71 Å². The Morgan fingerprint density at radius 3 is 2.42 bits per heavy atom. The van der Waals surface area contributed by atoms with Crippen molar-refractivity contribution in [3.63, 3.8) is 0 Å². The Kier molecular flexibility index (Phi) is 5.99. The normalized spacial score (nSPS) is 17.6. The molecule has 0 aliphatic rings. The first-order valence-electron chi connectivity index (χ1n) is 4.77. The molecule has 2 unspecified atom stereocenters. The molecule has 0 amide bonds. The predicted molar refractivity (Wildman–Crippen MR) is 56.0 cm³/mol. The summed E-state index contributed by atoms with van der Waals surface area (Å²) in [6, 6.07) is 0.536. The molecule has 2 heteroatoms. The molecule has 1 N–H and O–H groups in total. The molecule has 12 heavy (non-hydrogen) atoms.